The van der Waals surface area contributed by atoms with E-state index in [0.717, 1.165) is 12.3 Å². The van der Waals surface area contributed by atoms with E-state index >= 15 is 0 Å². The maximum atomic E-state index is 2.55. The summed E-state index contributed by atoms with van der Waals surface area (Å²) in [6, 6.07) is 9.12. The minimum atomic E-state index is 0.978. The quantitative estimate of drug-likeness (QED) is 0.748. The zero-order valence-corrected chi connectivity index (χ0v) is 11.3. The molecule has 1 saturated heterocycles. The van der Waals surface area contributed by atoms with Crippen molar-refractivity contribution in [2.75, 3.05) is 18.0 Å². The second-order valence-corrected chi connectivity index (χ2v) is 5.24. The summed E-state index contributed by atoms with van der Waals surface area (Å²) in [6.07, 6.45) is 6.66. The highest BCUT2D eigenvalue weighted by Gasteiger charge is 2.18. The van der Waals surface area contributed by atoms with Gasteiger partial charge in [-0.15, -0.1) is 0 Å². The van der Waals surface area contributed by atoms with Crippen molar-refractivity contribution in [2.45, 2.75) is 46.0 Å². The van der Waals surface area contributed by atoms with Crippen molar-refractivity contribution >= 4 is 5.69 Å². The summed E-state index contributed by atoms with van der Waals surface area (Å²) in [5.41, 5.74) is 2.85. The summed E-state index contributed by atoms with van der Waals surface area (Å²) in [5.74, 6) is 0.978. The highest BCUT2D eigenvalue weighted by molar-refractivity contribution is 5.47. The summed E-state index contributed by atoms with van der Waals surface area (Å²) >= 11 is 0. The summed E-state index contributed by atoms with van der Waals surface area (Å²) < 4.78 is 0. The Hall–Kier alpha value is -0.980. The Balaban J connectivity index is 1.91. The van der Waals surface area contributed by atoms with Crippen molar-refractivity contribution in [3.63, 3.8) is 0 Å². The zero-order chi connectivity index (χ0) is 12.1. The van der Waals surface area contributed by atoms with Gasteiger partial charge in [-0.3, -0.25) is 0 Å². The van der Waals surface area contributed by atoms with Gasteiger partial charge in [-0.2, -0.15) is 0 Å². The Kier molecular flexibility index (Phi) is 4.47. The van der Waals surface area contributed by atoms with E-state index in [9.17, 15) is 0 Å². The van der Waals surface area contributed by atoms with Gasteiger partial charge in [0.15, 0.2) is 0 Å². The first-order valence-corrected chi connectivity index (χ1v) is 7.17. The third kappa shape index (κ3) is 3.24. The predicted molar refractivity (Wildman–Crippen MR) is 75.7 cm³/mol. The molecule has 2 rings (SSSR count). The van der Waals surface area contributed by atoms with E-state index in [1.54, 1.807) is 0 Å². The number of piperidine rings is 1. The minimum Gasteiger partial charge on any atom is -0.372 e. The SMILES string of the molecule is CCCC1CCN(c2ccc(CC)cc2)CC1. The van der Waals surface area contributed by atoms with Gasteiger partial charge in [-0.1, -0.05) is 38.8 Å². The monoisotopic (exact) mass is 231 g/mol. The van der Waals surface area contributed by atoms with Crippen LogP contribution in [0.3, 0.4) is 0 Å². The maximum Gasteiger partial charge on any atom is 0.0366 e. The van der Waals surface area contributed by atoms with Crippen molar-refractivity contribution in [2.24, 2.45) is 5.92 Å². The van der Waals surface area contributed by atoms with Gasteiger partial charge in [0.1, 0.15) is 0 Å². The van der Waals surface area contributed by atoms with Gasteiger partial charge in [-0.25, -0.2) is 0 Å². The number of aryl methyl sites for hydroxylation is 1. The van der Waals surface area contributed by atoms with Gasteiger partial charge >= 0.3 is 0 Å². The number of rotatable bonds is 4. The van der Waals surface area contributed by atoms with E-state index in [4.69, 9.17) is 0 Å². The number of benzene rings is 1. The molecule has 1 aromatic rings. The fourth-order valence-corrected chi connectivity index (χ4v) is 2.83. The lowest BCUT2D eigenvalue weighted by Crippen LogP contribution is -2.33. The molecule has 0 atom stereocenters. The van der Waals surface area contributed by atoms with Gasteiger partial charge in [0.25, 0.3) is 0 Å². The van der Waals surface area contributed by atoms with Crippen LogP contribution < -0.4 is 4.90 Å². The lowest BCUT2D eigenvalue weighted by atomic mass is 9.92. The molecule has 1 nitrogen and oxygen atoms in total. The molecule has 0 aliphatic carbocycles. The maximum absolute atomic E-state index is 2.55. The Labute approximate surface area is 106 Å². The first-order valence-electron chi connectivity index (χ1n) is 7.17. The molecule has 1 aliphatic heterocycles. The van der Waals surface area contributed by atoms with Gasteiger partial charge in [-0.05, 0) is 42.9 Å². The zero-order valence-electron chi connectivity index (χ0n) is 11.3. The summed E-state index contributed by atoms with van der Waals surface area (Å²) in [4.78, 5) is 2.55. The van der Waals surface area contributed by atoms with Crippen LogP contribution in [-0.4, -0.2) is 13.1 Å². The predicted octanol–water partition coefficient (Wildman–Crippen LogP) is 4.27. The molecule has 1 aliphatic rings. The Morgan fingerprint density at radius 1 is 1.06 bits per heavy atom. The lowest BCUT2D eigenvalue weighted by molar-refractivity contribution is 0.378. The van der Waals surface area contributed by atoms with Gasteiger partial charge in [0, 0.05) is 18.8 Å². The smallest absolute Gasteiger partial charge is 0.0366 e. The van der Waals surface area contributed by atoms with E-state index in [2.05, 4.69) is 43.0 Å². The molecule has 1 heterocycles. The number of hydrogen-bond acceptors (Lipinski definition) is 1. The molecule has 0 bridgehead atoms. The van der Waals surface area contributed by atoms with Crippen LogP contribution in [0.1, 0.15) is 45.1 Å². The van der Waals surface area contributed by atoms with Crippen LogP contribution in [-0.2, 0) is 6.42 Å². The first-order chi connectivity index (χ1) is 8.33. The molecule has 1 aromatic carbocycles. The van der Waals surface area contributed by atoms with Crippen LogP contribution in [0.25, 0.3) is 0 Å². The lowest BCUT2D eigenvalue weighted by Gasteiger charge is -2.33. The Bertz CT molecular complexity index is 320. The molecule has 0 unspecified atom stereocenters. The minimum absolute atomic E-state index is 0.978. The molecular formula is C16H25N. The molecule has 0 N–H and O–H groups in total. The average molecular weight is 231 g/mol. The van der Waals surface area contributed by atoms with Gasteiger partial charge in [0.2, 0.25) is 0 Å². The van der Waals surface area contributed by atoms with Crippen molar-refractivity contribution in [1.29, 1.82) is 0 Å². The second-order valence-electron chi connectivity index (χ2n) is 5.24. The average Bonchev–Trinajstić information content (AvgIpc) is 2.40. The molecule has 94 valence electrons. The summed E-state index contributed by atoms with van der Waals surface area (Å²) in [6.45, 7) is 7.01. The van der Waals surface area contributed by atoms with Crippen LogP contribution in [0.15, 0.2) is 24.3 Å². The Morgan fingerprint density at radius 3 is 2.24 bits per heavy atom. The third-order valence-electron chi connectivity index (χ3n) is 4.02. The van der Waals surface area contributed by atoms with Crippen LogP contribution in [0, 0.1) is 5.92 Å². The van der Waals surface area contributed by atoms with E-state index in [-0.39, 0.29) is 0 Å². The van der Waals surface area contributed by atoms with E-state index in [1.807, 2.05) is 0 Å². The van der Waals surface area contributed by atoms with E-state index < -0.39 is 0 Å². The van der Waals surface area contributed by atoms with Crippen molar-refractivity contribution in [1.82, 2.24) is 0 Å². The van der Waals surface area contributed by atoms with Gasteiger partial charge < -0.3 is 4.90 Å². The van der Waals surface area contributed by atoms with Crippen LogP contribution >= 0.6 is 0 Å². The van der Waals surface area contributed by atoms with Crippen LogP contribution in [0.4, 0.5) is 5.69 Å². The van der Waals surface area contributed by atoms with Crippen LogP contribution in [0.2, 0.25) is 0 Å². The number of hydrogen-bond donors (Lipinski definition) is 0. The first kappa shape index (κ1) is 12.5. The Morgan fingerprint density at radius 2 is 1.71 bits per heavy atom. The second kappa shape index (κ2) is 6.09. The van der Waals surface area contributed by atoms with Gasteiger partial charge in [0.05, 0.1) is 0 Å². The number of anilines is 1. The molecule has 0 radical (unpaired) electrons. The molecule has 0 saturated carbocycles. The van der Waals surface area contributed by atoms with Crippen LogP contribution in [0.5, 0.6) is 0 Å². The molecule has 1 heteroatoms. The topological polar surface area (TPSA) is 3.24 Å². The highest BCUT2D eigenvalue weighted by atomic mass is 15.1. The molecule has 0 spiro atoms. The van der Waals surface area contributed by atoms with Crippen molar-refractivity contribution in [3.8, 4) is 0 Å². The standard InChI is InChI=1S/C16H25N/c1-3-5-15-10-12-17(13-11-15)16-8-6-14(4-2)7-9-16/h6-9,15H,3-5,10-13H2,1-2H3. The normalized spacial score (nSPS) is 17.4. The summed E-state index contributed by atoms with van der Waals surface area (Å²) in [7, 11) is 0. The van der Waals surface area contributed by atoms with Crippen molar-refractivity contribution in [3.05, 3.63) is 29.8 Å². The largest absolute Gasteiger partial charge is 0.372 e. The van der Waals surface area contributed by atoms with E-state index in [0.29, 0.717) is 0 Å². The van der Waals surface area contributed by atoms with E-state index in [1.165, 1.54) is 50.0 Å². The fraction of sp³-hybridized carbons (Fsp3) is 0.625. The molecular weight excluding hydrogens is 206 g/mol. The molecule has 17 heavy (non-hydrogen) atoms. The van der Waals surface area contributed by atoms with Crippen molar-refractivity contribution < 1.29 is 0 Å². The molecule has 1 fully saturated rings. The number of nitrogens with zero attached hydrogens (tertiary/aromatic N) is 1. The fourth-order valence-electron chi connectivity index (χ4n) is 2.83. The highest BCUT2D eigenvalue weighted by Crippen LogP contribution is 2.26. The molecule has 0 aromatic heterocycles. The summed E-state index contributed by atoms with van der Waals surface area (Å²) in [5, 5.41) is 0. The third-order valence-corrected chi connectivity index (χ3v) is 4.02. The molecule has 0 amide bonds.